The summed E-state index contributed by atoms with van der Waals surface area (Å²) in [5, 5.41) is 3.09. The largest absolute Gasteiger partial charge is 0.497 e. The van der Waals surface area contributed by atoms with Crippen molar-refractivity contribution in [2.45, 2.75) is 38.1 Å². The number of nitrogens with one attached hydrogen (secondary N) is 1. The Morgan fingerprint density at radius 3 is 2.82 bits per heavy atom. The third kappa shape index (κ3) is 3.08. The van der Waals surface area contributed by atoms with Crippen LogP contribution in [0.2, 0.25) is 0 Å². The van der Waals surface area contributed by atoms with Gasteiger partial charge in [-0.15, -0.1) is 0 Å². The van der Waals surface area contributed by atoms with Crippen molar-refractivity contribution in [2.75, 3.05) is 18.6 Å². The number of ether oxygens (including phenoxy) is 1. The normalized spacial score (nSPS) is 22.1. The van der Waals surface area contributed by atoms with Crippen LogP contribution in [-0.2, 0) is 9.59 Å². The number of carbonyl (C=O) groups excluding carboxylic acids is 2. The minimum Gasteiger partial charge on any atom is -0.497 e. The zero-order chi connectivity index (χ0) is 15.5. The van der Waals surface area contributed by atoms with Gasteiger partial charge >= 0.3 is 0 Å². The number of hydrogen-bond donors (Lipinski definition) is 1. The molecule has 1 atom stereocenters. The van der Waals surface area contributed by atoms with Crippen molar-refractivity contribution in [3.8, 4) is 5.75 Å². The molecule has 22 heavy (non-hydrogen) atoms. The predicted octanol–water partition coefficient (Wildman–Crippen LogP) is 2.11. The number of nitrogens with zero attached hydrogens (tertiary/aromatic N) is 1. The lowest BCUT2D eigenvalue weighted by Crippen LogP contribution is -2.38. The number of hydrogen-bond acceptors (Lipinski definition) is 3. The van der Waals surface area contributed by atoms with Crippen LogP contribution in [0.1, 0.15) is 32.1 Å². The maximum atomic E-state index is 12.3. The highest BCUT2D eigenvalue weighted by atomic mass is 16.5. The molecule has 1 saturated carbocycles. The fourth-order valence-corrected chi connectivity index (χ4v) is 3.30. The van der Waals surface area contributed by atoms with E-state index >= 15 is 0 Å². The smallest absolute Gasteiger partial charge is 0.227 e. The molecule has 2 fully saturated rings. The van der Waals surface area contributed by atoms with Crippen molar-refractivity contribution >= 4 is 17.5 Å². The molecule has 1 aromatic rings. The Kier molecular flexibility index (Phi) is 4.32. The van der Waals surface area contributed by atoms with E-state index < -0.39 is 0 Å². The lowest BCUT2D eigenvalue weighted by molar-refractivity contribution is -0.126. The van der Waals surface area contributed by atoms with E-state index in [1.54, 1.807) is 12.0 Å². The van der Waals surface area contributed by atoms with E-state index in [0.29, 0.717) is 18.3 Å². The van der Waals surface area contributed by atoms with Gasteiger partial charge in [-0.25, -0.2) is 0 Å². The number of carbonyl (C=O) groups is 2. The third-order valence-electron chi connectivity index (χ3n) is 4.56. The molecule has 1 aromatic carbocycles. The first-order valence-corrected chi connectivity index (χ1v) is 7.92. The molecule has 3 rings (SSSR count). The lowest BCUT2D eigenvalue weighted by atomic mass is 10.1. The molecule has 0 spiro atoms. The van der Waals surface area contributed by atoms with Crippen molar-refractivity contribution < 1.29 is 14.3 Å². The second-order valence-electron chi connectivity index (χ2n) is 6.10. The molecule has 5 nitrogen and oxygen atoms in total. The van der Waals surface area contributed by atoms with Gasteiger partial charge in [0, 0.05) is 30.8 Å². The van der Waals surface area contributed by atoms with Crippen LogP contribution in [0.4, 0.5) is 5.69 Å². The first-order valence-electron chi connectivity index (χ1n) is 7.92. The molecular formula is C17H22N2O3. The average Bonchev–Trinajstić information content (AvgIpc) is 3.17. The van der Waals surface area contributed by atoms with E-state index in [-0.39, 0.29) is 24.2 Å². The van der Waals surface area contributed by atoms with Gasteiger partial charge in [0.2, 0.25) is 11.8 Å². The molecule has 5 heteroatoms. The van der Waals surface area contributed by atoms with Gasteiger partial charge in [0.15, 0.2) is 0 Å². The van der Waals surface area contributed by atoms with Gasteiger partial charge in [0.25, 0.3) is 0 Å². The third-order valence-corrected chi connectivity index (χ3v) is 4.56. The molecule has 2 aliphatic rings. The Morgan fingerprint density at radius 1 is 1.32 bits per heavy atom. The van der Waals surface area contributed by atoms with Gasteiger partial charge in [0.05, 0.1) is 13.0 Å². The zero-order valence-corrected chi connectivity index (χ0v) is 12.9. The SMILES string of the molecule is COc1cccc(N2CC(C(=O)NC3CCCC3)CC2=O)c1. The van der Waals surface area contributed by atoms with Gasteiger partial charge in [-0.2, -0.15) is 0 Å². The molecule has 1 aliphatic carbocycles. The highest BCUT2D eigenvalue weighted by molar-refractivity contribution is 6.00. The van der Waals surface area contributed by atoms with E-state index in [1.807, 2.05) is 24.3 Å². The van der Waals surface area contributed by atoms with E-state index in [0.717, 1.165) is 18.5 Å². The summed E-state index contributed by atoms with van der Waals surface area (Å²) >= 11 is 0. The Morgan fingerprint density at radius 2 is 2.09 bits per heavy atom. The Bertz CT molecular complexity index is 567. The van der Waals surface area contributed by atoms with Crippen LogP contribution in [0, 0.1) is 5.92 Å². The van der Waals surface area contributed by atoms with Crippen LogP contribution in [-0.4, -0.2) is 31.5 Å². The van der Waals surface area contributed by atoms with Crippen molar-refractivity contribution in [3.05, 3.63) is 24.3 Å². The van der Waals surface area contributed by atoms with Gasteiger partial charge in [-0.1, -0.05) is 18.9 Å². The van der Waals surface area contributed by atoms with Crippen LogP contribution < -0.4 is 15.0 Å². The standard InChI is InChI=1S/C17H22N2O3/c1-22-15-8-4-7-14(10-15)19-11-12(9-16(19)20)17(21)18-13-5-2-3-6-13/h4,7-8,10,12-13H,2-3,5-6,9,11H2,1H3,(H,18,21). The molecule has 1 heterocycles. The summed E-state index contributed by atoms with van der Waals surface area (Å²) < 4.78 is 5.20. The molecule has 2 amide bonds. The highest BCUT2D eigenvalue weighted by Gasteiger charge is 2.36. The summed E-state index contributed by atoms with van der Waals surface area (Å²) in [7, 11) is 1.60. The molecule has 0 radical (unpaired) electrons. The lowest BCUT2D eigenvalue weighted by Gasteiger charge is -2.18. The number of rotatable bonds is 4. The summed E-state index contributed by atoms with van der Waals surface area (Å²) in [6.07, 6.45) is 4.78. The molecular weight excluding hydrogens is 280 g/mol. The Hall–Kier alpha value is -2.04. The summed E-state index contributed by atoms with van der Waals surface area (Å²) in [6.45, 7) is 0.449. The number of methoxy groups -OCH3 is 1. The number of anilines is 1. The molecule has 1 unspecified atom stereocenters. The summed E-state index contributed by atoms with van der Waals surface area (Å²) in [4.78, 5) is 26.2. The number of amides is 2. The van der Waals surface area contributed by atoms with Gasteiger partial charge in [-0.3, -0.25) is 9.59 Å². The van der Waals surface area contributed by atoms with Crippen LogP contribution in [0.5, 0.6) is 5.75 Å². The number of benzene rings is 1. The highest BCUT2D eigenvalue weighted by Crippen LogP contribution is 2.28. The monoisotopic (exact) mass is 302 g/mol. The van der Waals surface area contributed by atoms with E-state index in [9.17, 15) is 9.59 Å². The summed E-state index contributed by atoms with van der Waals surface area (Å²) in [5.74, 6) is 0.480. The van der Waals surface area contributed by atoms with E-state index in [2.05, 4.69) is 5.32 Å². The maximum Gasteiger partial charge on any atom is 0.227 e. The van der Waals surface area contributed by atoms with Gasteiger partial charge < -0.3 is 15.0 Å². The average molecular weight is 302 g/mol. The molecule has 1 saturated heterocycles. The van der Waals surface area contributed by atoms with Gasteiger partial charge in [0.1, 0.15) is 5.75 Å². The molecule has 0 bridgehead atoms. The van der Waals surface area contributed by atoms with Crippen LogP contribution >= 0.6 is 0 Å². The summed E-state index contributed by atoms with van der Waals surface area (Å²) in [6, 6.07) is 7.70. The van der Waals surface area contributed by atoms with Crippen molar-refractivity contribution in [2.24, 2.45) is 5.92 Å². The van der Waals surface area contributed by atoms with Crippen molar-refractivity contribution in [3.63, 3.8) is 0 Å². The second-order valence-corrected chi connectivity index (χ2v) is 6.10. The zero-order valence-electron chi connectivity index (χ0n) is 12.9. The maximum absolute atomic E-state index is 12.3. The molecule has 0 aromatic heterocycles. The fraction of sp³-hybridized carbons (Fsp3) is 0.529. The molecule has 1 aliphatic heterocycles. The van der Waals surface area contributed by atoms with Crippen LogP contribution in [0.3, 0.4) is 0 Å². The van der Waals surface area contributed by atoms with Crippen LogP contribution in [0.15, 0.2) is 24.3 Å². The molecule has 1 N–H and O–H groups in total. The minimum absolute atomic E-state index is 0.000162. The Labute approximate surface area is 130 Å². The van der Waals surface area contributed by atoms with Crippen molar-refractivity contribution in [1.82, 2.24) is 5.32 Å². The first kappa shape index (κ1) is 14.9. The van der Waals surface area contributed by atoms with E-state index in [4.69, 9.17) is 4.74 Å². The quantitative estimate of drug-likeness (QED) is 0.926. The Balaban J connectivity index is 1.65. The molecule has 118 valence electrons. The topological polar surface area (TPSA) is 58.6 Å². The fourth-order valence-electron chi connectivity index (χ4n) is 3.30. The van der Waals surface area contributed by atoms with E-state index in [1.165, 1.54) is 12.8 Å². The van der Waals surface area contributed by atoms with Crippen molar-refractivity contribution in [1.29, 1.82) is 0 Å². The minimum atomic E-state index is -0.251. The predicted molar refractivity (Wildman–Crippen MR) is 83.9 cm³/mol. The second kappa shape index (κ2) is 6.38. The first-order chi connectivity index (χ1) is 10.7. The van der Waals surface area contributed by atoms with Crippen LogP contribution in [0.25, 0.3) is 0 Å². The summed E-state index contributed by atoms with van der Waals surface area (Å²) in [5.41, 5.74) is 0.792. The van der Waals surface area contributed by atoms with Gasteiger partial charge in [-0.05, 0) is 25.0 Å².